The number of anilines is 1. The van der Waals surface area contributed by atoms with E-state index in [1.165, 1.54) is 5.56 Å². The summed E-state index contributed by atoms with van der Waals surface area (Å²) in [6, 6.07) is 4.03. The van der Waals surface area contributed by atoms with Crippen molar-refractivity contribution in [2.75, 3.05) is 32.6 Å². The fourth-order valence-electron chi connectivity index (χ4n) is 2.49. The van der Waals surface area contributed by atoms with Crippen LogP contribution in [0.5, 0.6) is 5.88 Å². The summed E-state index contributed by atoms with van der Waals surface area (Å²) in [7, 11) is 5.95. The third-order valence-electron chi connectivity index (χ3n) is 3.73. The molecule has 0 radical (unpaired) electrons. The highest BCUT2D eigenvalue weighted by atomic mass is 16.5. The van der Waals surface area contributed by atoms with Crippen molar-refractivity contribution in [3.8, 4) is 5.88 Å². The van der Waals surface area contributed by atoms with Crippen molar-refractivity contribution < 1.29 is 4.74 Å². The molecule has 0 spiro atoms. The van der Waals surface area contributed by atoms with Crippen molar-refractivity contribution in [1.29, 1.82) is 0 Å². The Balaban J connectivity index is 2.00. The van der Waals surface area contributed by atoms with Gasteiger partial charge in [-0.05, 0) is 31.5 Å². The van der Waals surface area contributed by atoms with Crippen molar-refractivity contribution in [2.24, 2.45) is 0 Å². The van der Waals surface area contributed by atoms with E-state index in [4.69, 9.17) is 4.74 Å². The van der Waals surface area contributed by atoms with Crippen molar-refractivity contribution in [2.45, 2.75) is 25.5 Å². The molecular weight excluding hydrogens is 314 g/mol. The van der Waals surface area contributed by atoms with Gasteiger partial charge < -0.3 is 9.64 Å². The van der Waals surface area contributed by atoms with Crippen LogP contribution < -0.4 is 9.64 Å². The van der Waals surface area contributed by atoms with Crippen LogP contribution in [-0.4, -0.2) is 53.6 Å². The number of ether oxygens (including phenoxy) is 1. The zero-order valence-corrected chi connectivity index (χ0v) is 15.3. The maximum absolute atomic E-state index is 6.11. The molecule has 0 fully saturated rings. The first-order valence-electron chi connectivity index (χ1n) is 8.43. The molecule has 2 heterocycles. The van der Waals surface area contributed by atoms with Crippen LogP contribution in [0.2, 0.25) is 0 Å². The summed E-state index contributed by atoms with van der Waals surface area (Å²) in [6.07, 6.45) is 10.8. The van der Waals surface area contributed by atoms with E-state index in [9.17, 15) is 0 Å². The van der Waals surface area contributed by atoms with E-state index in [0.29, 0.717) is 5.88 Å². The summed E-state index contributed by atoms with van der Waals surface area (Å²) < 4.78 is 6.11. The maximum Gasteiger partial charge on any atom is 0.234 e. The Hall–Kier alpha value is -2.47. The van der Waals surface area contributed by atoms with Gasteiger partial charge in [0.25, 0.3) is 0 Å². The van der Waals surface area contributed by atoms with Gasteiger partial charge in [-0.2, -0.15) is 4.98 Å². The number of nitrogens with zero attached hydrogens (tertiary/aromatic N) is 5. The summed E-state index contributed by atoms with van der Waals surface area (Å²) in [6.45, 7) is 5.42. The molecule has 6 heteroatoms. The van der Waals surface area contributed by atoms with Crippen LogP contribution in [-0.2, 0) is 6.54 Å². The number of likely N-dealkylation sites (N-methyl/N-ethyl adjacent to an activating group) is 1. The normalized spacial score (nSPS) is 12.0. The van der Waals surface area contributed by atoms with Crippen LogP contribution in [0.3, 0.4) is 0 Å². The molecule has 2 rings (SSSR count). The lowest BCUT2D eigenvalue weighted by molar-refractivity contribution is 0.131. The van der Waals surface area contributed by atoms with Gasteiger partial charge in [-0.1, -0.05) is 12.1 Å². The summed E-state index contributed by atoms with van der Waals surface area (Å²) in [5, 5.41) is 0. The highest BCUT2D eigenvalue weighted by molar-refractivity contribution is 5.35. The number of pyridine rings is 1. The monoisotopic (exact) mass is 341 g/mol. The predicted molar refractivity (Wildman–Crippen MR) is 101 cm³/mol. The van der Waals surface area contributed by atoms with Crippen LogP contribution in [0, 0.1) is 0 Å². The molecule has 0 saturated heterocycles. The lowest BCUT2D eigenvalue weighted by Crippen LogP contribution is -2.33. The van der Waals surface area contributed by atoms with E-state index in [0.717, 1.165) is 31.7 Å². The third-order valence-corrected chi connectivity index (χ3v) is 3.73. The summed E-state index contributed by atoms with van der Waals surface area (Å²) in [4.78, 5) is 17.0. The van der Waals surface area contributed by atoms with Crippen LogP contribution in [0.4, 0.5) is 5.82 Å². The molecule has 1 atom stereocenters. The first kappa shape index (κ1) is 18.9. The standard InChI is InChI=1S/C19H27N5O/c1-5-6-9-17(15-24(4)14-16-8-7-10-20-11-16)25-19-13-21-12-18(22-19)23(2)3/h5,7-8,10-13,17H,1,6,9,14-15H2,2-4H3. The largest absolute Gasteiger partial charge is 0.472 e. The molecule has 0 bridgehead atoms. The SMILES string of the molecule is C=CCCC(CN(C)Cc1cccnc1)Oc1cncc(N(C)C)n1. The Morgan fingerprint density at radius 2 is 2.04 bits per heavy atom. The molecule has 0 saturated carbocycles. The maximum atomic E-state index is 6.11. The molecule has 134 valence electrons. The van der Waals surface area contributed by atoms with E-state index >= 15 is 0 Å². The molecule has 0 aromatic carbocycles. The molecule has 6 nitrogen and oxygen atoms in total. The Bertz CT molecular complexity index is 647. The smallest absolute Gasteiger partial charge is 0.234 e. The lowest BCUT2D eigenvalue weighted by Gasteiger charge is -2.24. The molecular formula is C19H27N5O. The van der Waals surface area contributed by atoms with Crippen LogP contribution in [0.25, 0.3) is 0 Å². The minimum Gasteiger partial charge on any atom is -0.472 e. The Morgan fingerprint density at radius 3 is 2.72 bits per heavy atom. The average molecular weight is 341 g/mol. The van der Waals surface area contributed by atoms with E-state index in [2.05, 4.69) is 39.5 Å². The topological polar surface area (TPSA) is 54.4 Å². The Morgan fingerprint density at radius 1 is 1.20 bits per heavy atom. The molecule has 0 aliphatic rings. The number of allylic oxidation sites excluding steroid dienone is 1. The van der Waals surface area contributed by atoms with Gasteiger partial charge in [0, 0.05) is 39.6 Å². The van der Waals surface area contributed by atoms with Gasteiger partial charge in [0.2, 0.25) is 5.88 Å². The molecule has 25 heavy (non-hydrogen) atoms. The molecule has 0 amide bonds. The lowest BCUT2D eigenvalue weighted by atomic mass is 10.1. The van der Waals surface area contributed by atoms with Crippen molar-refractivity contribution in [3.63, 3.8) is 0 Å². The van der Waals surface area contributed by atoms with Gasteiger partial charge in [0.05, 0.1) is 12.4 Å². The van der Waals surface area contributed by atoms with Crippen molar-refractivity contribution in [3.05, 3.63) is 55.1 Å². The highest BCUT2D eigenvalue weighted by Crippen LogP contribution is 2.16. The van der Waals surface area contributed by atoms with E-state index in [1.807, 2.05) is 37.3 Å². The fourth-order valence-corrected chi connectivity index (χ4v) is 2.49. The quantitative estimate of drug-likeness (QED) is 0.620. The number of hydrogen-bond acceptors (Lipinski definition) is 6. The van der Waals surface area contributed by atoms with Gasteiger partial charge in [0.15, 0.2) is 5.82 Å². The minimum atomic E-state index is 0.0198. The number of rotatable bonds is 10. The van der Waals surface area contributed by atoms with Gasteiger partial charge >= 0.3 is 0 Å². The molecule has 0 aliphatic heterocycles. The third kappa shape index (κ3) is 6.51. The Labute approximate surface area is 150 Å². The van der Waals surface area contributed by atoms with Gasteiger partial charge in [-0.3, -0.25) is 14.9 Å². The zero-order valence-electron chi connectivity index (χ0n) is 15.3. The molecule has 2 aromatic rings. The van der Waals surface area contributed by atoms with Gasteiger partial charge in [-0.15, -0.1) is 6.58 Å². The summed E-state index contributed by atoms with van der Waals surface area (Å²) in [5.74, 6) is 1.33. The zero-order chi connectivity index (χ0) is 18.1. The fraction of sp³-hybridized carbons (Fsp3) is 0.421. The van der Waals surface area contributed by atoms with Gasteiger partial charge in [-0.25, -0.2) is 0 Å². The Kier molecular flexibility index (Phi) is 7.35. The minimum absolute atomic E-state index is 0.0198. The first-order chi connectivity index (χ1) is 12.1. The van der Waals surface area contributed by atoms with E-state index in [-0.39, 0.29) is 6.10 Å². The molecule has 2 aromatic heterocycles. The number of hydrogen-bond donors (Lipinski definition) is 0. The first-order valence-corrected chi connectivity index (χ1v) is 8.43. The van der Waals surface area contributed by atoms with Crippen LogP contribution in [0.1, 0.15) is 18.4 Å². The highest BCUT2D eigenvalue weighted by Gasteiger charge is 2.15. The van der Waals surface area contributed by atoms with Crippen molar-refractivity contribution >= 4 is 5.82 Å². The van der Waals surface area contributed by atoms with Crippen LogP contribution in [0.15, 0.2) is 49.6 Å². The average Bonchev–Trinajstić information content (AvgIpc) is 2.60. The van der Waals surface area contributed by atoms with Gasteiger partial charge in [0.1, 0.15) is 6.10 Å². The summed E-state index contributed by atoms with van der Waals surface area (Å²) in [5.41, 5.74) is 1.18. The number of aromatic nitrogens is 3. The second kappa shape index (κ2) is 9.74. The van der Waals surface area contributed by atoms with Crippen molar-refractivity contribution in [1.82, 2.24) is 19.9 Å². The second-order valence-corrected chi connectivity index (χ2v) is 6.27. The molecule has 1 unspecified atom stereocenters. The molecule has 0 N–H and O–H groups in total. The van der Waals surface area contributed by atoms with E-state index in [1.54, 1.807) is 18.6 Å². The second-order valence-electron chi connectivity index (χ2n) is 6.27. The summed E-state index contributed by atoms with van der Waals surface area (Å²) >= 11 is 0. The van der Waals surface area contributed by atoms with E-state index < -0.39 is 0 Å². The van der Waals surface area contributed by atoms with Crippen LogP contribution >= 0.6 is 0 Å². The predicted octanol–water partition coefficient (Wildman–Crippen LogP) is 2.78. The molecule has 0 aliphatic carbocycles.